The highest BCUT2D eigenvalue weighted by Crippen LogP contribution is 2.89. The van der Waals surface area contributed by atoms with Crippen molar-refractivity contribution in [2.24, 2.45) is 56.7 Å². The molecule has 3 heteroatoms. The van der Waals surface area contributed by atoms with Gasteiger partial charge in [-0.15, -0.1) is 0 Å². The van der Waals surface area contributed by atoms with Gasteiger partial charge in [0.2, 0.25) is 0 Å². The Kier molecular flexibility index (Phi) is 4.71. The van der Waals surface area contributed by atoms with Crippen molar-refractivity contribution in [1.29, 1.82) is 0 Å². The quantitative estimate of drug-likeness (QED) is 0.477. The van der Waals surface area contributed by atoms with Crippen LogP contribution in [0.5, 0.6) is 0 Å². The van der Waals surface area contributed by atoms with E-state index in [1.165, 1.54) is 51.4 Å². The maximum atomic E-state index is 12.0. The SMILES string of the molecule is C[C@@H]1C[C@@H](C[C@@H](C)[C@H]2CC[C@@]3(C)[C@@H]4CC[C@H]5C(C)(C)[C@@H](O)CC[C@@]56C[C@@]46CC[C@]23C)OC1=O. The van der Waals surface area contributed by atoms with Crippen LogP contribution in [0.2, 0.25) is 0 Å². The molecule has 0 unspecified atom stereocenters. The first-order valence-corrected chi connectivity index (χ1v) is 14.3. The predicted octanol–water partition coefficient (Wildman–Crippen LogP) is 6.76. The summed E-state index contributed by atoms with van der Waals surface area (Å²) in [5, 5.41) is 10.9. The zero-order valence-electron chi connectivity index (χ0n) is 22.1. The fourth-order valence-corrected chi connectivity index (χ4v) is 11.8. The van der Waals surface area contributed by atoms with Gasteiger partial charge in [0.15, 0.2) is 0 Å². The third kappa shape index (κ3) is 2.65. The fraction of sp³-hybridized carbons (Fsp3) is 0.967. The summed E-state index contributed by atoms with van der Waals surface area (Å²) >= 11 is 0. The Bertz CT molecular complexity index is 849. The maximum absolute atomic E-state index is 12.0. The molecule has 0 aromatic carbocycles. The zero-order valence-corrected chi connectivity index (χ0v) is 22.1. The lowest BCUT2D eigenvalue weighted by Crippen LogP contribution is -2.57. The topological polar surface area (TPSA) is 46.5 Å². The Morgan fingerprint density at radius 3 is 2.33 bits per heavy atom. The van der Waals surface area contributed by atoms with Gasteiger partial charge in [0, 0.05) is 0 Å². The van der Waals surface area contributed by atoms with Crippen molar-refractivity contribution in [3.63, 3.8) is 0 Å². The summed E-state index contributed by atoms with van der Waals surface area (Å²) in [6.07, 6.45) is 14.0. The van der Waals surface area contributed by atoms with Crippen molar-refractivity contribution in [2.75, 3.05) is 0 Å². The molecule has 1 N–H and O–H groups in total. The van der Waals surface area contributed by atoms with E-state index in [2.05, 4.69) is 34.6 Å². The van der Waals surface area contributed by atoms with E-state index in [0.29, 0.717) is 33.5 Å². The number of ether oxygens (including phenoxy) is 1. The third-order valence-corrected chi connectivity index (χ3v) is 13.8. The number of hydrogen-bond acceptors (Lipinski definition) is 3. The summed E-state index contributed by atoms with van der Waals surface area (Å²) in [4.78, 5) is 12.0. The normalized spacial score (nSPS) is 57.4. The first kappa shape index (κ1) is 22.9. The van der Waals surface area contributed by atoms with Gasteiger partial charge in [0.1, 0.15) is 6.10 Å². The van der Waals surface area contributed by atoms with Gasteiger partial charge in [-0.3, -0.25) is 4.79 Å². The van der Waals surface area contributed by atoms with Crippen LogP contribution < -0.4 is 0 Å². The third-order valence-electron chi connectivity index (χ3n) is 13.8. The molecule has 2 spiro atoms. The van der Waals surface area contributed by atoms with Gasteiger partial charge >= 0.3 is 5.97 Å². The molecule has 0 aromatic rings. The lowest BCUT2D eigenvalue weighted by Gasteiger charge is -2.63. The average Bonchev–Trinajstić information content (AvgIpc) is 3.19. The van der Waals surface area contributed by atoms with E-state index in [4.69, 9.17) is 4.74 Å². The molecule has 0 radical (unpaired) electrons. The number of cyclic esters (lactones) is 1. The first-order valence-electron chi connectivity index (χ1n) is 14.3. The Hall–Kier alpha value is -0.570. The van der Waals surface area contributed by atoms with E-state index in [-0.39, 0.29) is 29.5 Å². The van der Waals surface area contributed by atoms with Gasteiger partial charge in [0.05, 0.1) is 12.0 Å². The monoisotopic (exact) mass is 456 g/mol. The summed E-state index contributed by atoms with van der Waals surface area (Å²) in [7, 11) is 0. The number of fused-ring (bicyclic) bond motifs is 2. The molecule has 5 aliphatic carbocycles. The summed E-state index contributed by atoms with van der Waals surface area (Å²) in [5.74, 6) is 3.07. The second kappa shape index (κ2) is 6.80. The molecular weight excluding hydrogens is 408 g/mol. The van der Waals surface area contributed by atoms with E-state index in [0.717, 1.165) is 31.1 Å². The highest BCUT2D eigenvalue weighted by molar-refractivity contribution is 5.74. The molecule has 11 atom stereocenters. The first-order chi connectivity index (χ1) is 15.4. The molecular formula is C30H48O3. The number of carbonyl (C=O) groups is 1. The standard InChI is InChI=1S/C30H48O3/c1-18(15-20-16-19(2)25(32)33-20)21-9-11-28(6)23-8-7-22-26(3,4)24(31)10-12-29(22)17-30(23,29)14-13-27(21,28)5/h18-24,31H,7-17H2,1-6H3/t18-,19-,20-,21-,22+,23+,24+,27-,28+,29-,30+/m1/s1. The van der Waals surface area contributed by atoms with Crippen LogP contribution in [0.1, 0.15) is 112 Å². The second-order valence-corrected chi connectivity index (χ2v) is 14.9. The minimum Gasteiger partial charge on any atom is -0.462 e. The molecule has 6 fully saturated rings. The van der Waals surface area contributed by atoms with Gasteiger partial charge in [-0.05, 0) is 121 Å². The number of rotatable bonds is 3. The Balaban J connectivity index is 1.25. The lowest BCUT2D eigenvalue weighted by molar-refractivity contribution is -0.162. The lowest BCUT2D eigenvalue weighted by atomic mass is 9.41. The summed E-state index contributed by atoms with van der Waals surface area (Å²) in [5.41, 5.74) is 2.03. The van der Waals surface area contributed by atoms with Gasteiger partial charge in [-0.2, -0.15) is 0 Å². The van der Waals surface area contributed by atoms with Gasteiger partial charge < -0.3 is 9.84 Å². The smallest absolute Gasteiger partial charge is 0.309 e. The van der Waals surface area contributed by atoms with Crippen LogP contribution in [0.4, 0.5) is 0 Å². The summed E-state index contributed by atoms with van der Waals surface area (Å²) in [6, 6.07) is 0. The van der Waals surface area contributed by atoms with E-state index >= 15 is 0 Å². The van der Waals surface area contributed by atoms with Crippen LogP contribution in [-0.2, 0) is 9.53 Å². The van der Waals surface area contributed by atoms with Crippen LogP contribution in [0.25, 0.3) is 0 Å². The molecule has 0 aromatic heterocycles. The molecule has 1 heterocycles. The Morgan fingerprint density at radius 1 is 0.939 bits per heavy atom. The van der Waals surface area contributed by atoms with Gasteiger partial charge in [-0.25, -0.2) is 0 Å². The van der Waals surface area contributed by atoms with Crippen LogP contribution in [0, 0.1) is 56.7 Å². The molecule has 6 aliphatic rings. The molecule has 1 aliphatic heterocycles. The molecule has 3 nitrogen and oxygen atoms in total. The molecule has 1 saturated heterocycles. The number of esters is 1. The van der Waals surface area contributed by atoms with Crippen LogP contribution in [-0.4, -0.2) is 23.3 Å². The largest absolute Gasteiger partial charge is 0.462 e. The molecule has 0 amide bonds. The van der Waals surface area contributed by atoms with Crippen molar-refractivity contribution in [1.82, 2.24) is 0 Å². The van der Waals surface area contributed by atoms with Gasteiger partial charge in [0.25, 0.3) is 0 Å². The highest BCUT2D eigenvalue weighted by Gasteiger charge is 2.82. The van der Waals surface area contributed by atoms with Crippen LogP contribution in [0.3, 0.4) is 0 Å². The maximum Gasteiger partial charge on any atom is 0.309 e. The second-order valence-electron chi connectivity index (χ2n) is 14.9. The Morgan fingerprint density at radius 2 is 1.64 bits per heavy atom. The van der Waals surface area contributed by atoms with Crippen molar-refractivity contribution in [3.05, 3.63) is 0 Å². The van der Waals surface area contributed by atoms with Crippen LogP contribution >= 0.6 is 0 Å². The number of aliphatic hydroxyl groups excluding tert-OH is 1. The van der Waals surface area contributed by atoms with Crippen molar-refractivity contribution < 1.29 is 14.6 Å². The molecule has 33 heavy (non-hydrogen) atoms. The van der Waals surface area contributed by atoms with E-state index in [1.807, 2.05) is 6.92 Å². The van der Waals surface area contributed by atoms with Gasteiger partial charge in [-0.1, -0.05) is 41.5 Å². The summed E-state index contributed by atoms with van der Waals surface area (Å²) < 4.78 is 5.73. The Labute approximate surface area is 201 Å². The van der Waals surface area contributed by atoms with Crippen LogP contribution in [0.15, 0.2) is 0 Å². The van der Waals surface area contributed by atoms with E-state index in [9.17, 15) is 9.90 Å². The van der Waals surface area contributed by atoms with Crippen molar-refractivity contribution >= 4 is 5.97 Å². The minimum absolute atomic E-state index is 0.0191. The molecule has 0 bridgehead atoms. The number of carbonyl (C=O) groups excluding carboxylic acids is 1. The molecule has 186 valence electrons. The fourth-order valence-electron chi connectivity index (χ4n) is 11.8. The minimum atomic E-state index is -0.115. The highest BCUT2D eigenvalue weighted by atomic mass is 16.5. The van der Waals surface area contributed by atoms with E-state index < -0.39 is 0 Å². The molecule has 5 saturated carbocycles. The molecule has 6 rings (SSSR count). The van der Waals surface area contributed by atoms with Crippen molar-refractivity contribution in [3.8, 4) is 0 Å². The predicted molar refractivity (Wildman–Crippen MR) is 130 cm³/mol. The number of hydrogen-bond donors (Lipinski definition) is 1. The summed E-state index contributed by atoms with van der Waals surface area (Å²) in [6.45, 7) is 14.6. The average molecular weight is 457 g/mol. The van der Waals surface area contributed by atoms with E-state index in [1.54, 1.807) is 0 Å². The van der Waals surface area contributed by atoms with Crippen molar-refractivity contribution in [2.45, 2.75) is 124 Å². The zero-order chi connectivity index (χ0) is 23.6. The number of aliphatic hydroxyl groups is 1.